The maximum absolute atomic E-state index is 2.52. The summed E-state index contributed by atoms with van der Waals surface area (Å²) in [5.74, 6) is 0. The first kappa shape index (κ1) is 10.7. The standard InChI is InChI=1S/C15H20S/c1-10-13-6-4-5-11(13)7-12-8-15(2,16-3)9-14(10)12/h7H,4-6,8-9H2,1-3H3. The maximum atomic E-state index is 2.52. The molecule has 0 nitrogen and oxygen atoms in total. The molecule has 0 spiro atoms. The van der Waals surface area contributed by atoms with Crippen LogP contribution >= 0.6 is 11.8 Å². The second-order valence-electron chi connectivity index (χ2n) is 5.64. The summed E-state index contributed by atoms with van der Waals surface area (Å²) in [6, 6.07) is 2.52. The fraction of sp³-hybridized carbons (Fsp3) is 0.600. The summed E-state index contributed by atoms with van der Waals surface area (Å²) in [7, 11) is 0. The van der Waals surface area contributed by atoms with Gasteiger partial charge in [0.15, 0.2) is 0 Å². The van der Waals surface area contributed by atoms with Crippen molar-refractivity contribution in [2.24, 2.45) is 0 Å². The third kappa shape index (κ3) is 1.44. The summed E-state index contributed by atoms with van der Waals surface area (Å²) in [6.45, 7) is 4.78. The van der Waals surface area contributed by atoms with E-state index in [1.807, 2.05) is 11.8 Å². The van der Waals surface area contributed by atoms with Gasteiger partial charge in [-0.05, 0) is 80.0 Å². The zero-order chi connectivity index (χ0) is 11.3. The van der Waals surface area contributed by atoms with Crippen molar-refractivity contribution < 1.29 is 0 Å². The summed E-state index contributed by atoms with van der Waals surface area (Å²) in [6.07, 6.45) is 8.83. The normalized spacial score (nSPS) is 26.9. The molecule has 2 aliphatic rings. The molecule has 1 unspecified atom stereocenters. The second-order valence-corrected chi connectivity index (χ2v) is 7.03. The van der Waals surface area contributed by atoms with Gasteiger partial charge in [-0.25, -0.2) is 0 Å². The number of hydrogen-bond acceptors (Lipinski definition) is 1. The van der Waals surface area contributed by atoms with Gasteiger partial charge in [0.05, 0.1) is 0 Å². The van der Waals surface area contributed by atoms with Crippen molar-refractivity contribution in [2.75, 3.05) is 6.26 Å². The summed E-state index contributed by atoms with van der Waals surface area (Å²) >= 11 is 2.04. The van der Waals surface area contributed by atoms with Crippen LogP contribution in [0.2, 0.25) is 0 Å². The molecule has 0 fully saturated rings. The van der Waals surface area contributed by atoms with Crippen molar-refractivity contribution in [1.29, 1.82) is 0 Å². The van der Waals surface area contributed by atoms with E-state index in [9.17, 15) is 0 Å². The molecule has 1 heteroatoms. The number of thioether (sulfide) groups is 1. The lowest BCUT2D eigenvalue weighted by Crippen LogP contribution is -2.19. The molecule has 0 bridgehead atoms. The minimum atomic E-state index is 0.460. The van der Waals surface area contributed by atoms with Gasteiger partial charge < -0.3 is 0 Å². The monoisotopic (exact) mass is 232 g/mol. The van der Waals surface area contributed by atoms with Crippen LogP contribution < -0.4 is 0 Å². The van der Waals surface area contributed by atoms with E-state index < -0.39 is 0 Å². The SMILES string of the molecule is CSC1(C)Cc2cc3c(c(C)c2C1)CCC3. The van der Waals surface area contributed by atoms with Crippen molar-refractivity contribution in [3.63, 3.8) is 0 Å². The number of hydrogen-bond donors (Lipinski definition) is 0. The Morgan fingerprint density at radius 1 is 1.12 bits per heavy atom. The molecule has 1 aromatic rings. The van der Waals surface area contributed by atoms with Gasteiger partial charge >= 0.3 is 0 Å². The summed E-state index contributed by atoms with van der Waals surface area (Å²) in [5, 5.41) is 0. The lowest BCUT2D eigenvalue weighted by molar-refractivity contribution is 0.690. The summed E-state index contributed by atoms with van der Waals surface area (Å²) < 4.78 is 0.460. The Morgan fingerprint density at radius 3 is 2.69 bits per heavy atom. The lowest BCUT2D eigenvalue weighted by atomic mass is 9.95. The van der Waals surface area contributed by atoms with Crippen LogP contribution in [0.1, 0.15) is 41.2 Å². The molecule has 1 atom stereocenters. The van der Waals surface area contributed by atoms with Gasteiger partial charge in [0.2, 0.25) is 0 Å². The Labute approximate surface area is 103 Å². The lowest BCUT2D eigenvalue weighted by Gasteiger charge is -2.20. The van der Waals surface area contributed by atoms with Crippen LogP contribution in [0.4, 0.5) is 0 Å². The molecular weight excluding hydrogens is 212 g/mol. The van der Waals surface area contributed by atoms with E-state index >= 15 is 0 Å². The Hall–Kier alpha value is -0.430. The van der Waals surface area contributed by atoms with Crippen LogP contribution in [0.25, 0.3) is 0 Å². The van der Waals surface area contributed by atoms with E-state index in [1.165, 1.54) is 32.1 Å². The van der Waals surface area contributed by atoms with E-state index in [2.05, 4.69) is 26.2 Å². The number of rotatable bonds is 1. The Balaban J connectivity index is 2.10. The molecule has 0 saturated heterocycles. The molecule has 0 heterocycles. The first-order valence-electron chi connectivity index (χ1n) is 6.31. The van der Waals surface area contributed by atoms with Crippen molar-refractivity contribution in [3.05, 3.63) is 33.9 Å². The van der Waals surface area contributed by atoms with Gasteiger partial charge in [0.25, 0.3) is 0 Å². The Morgan fingerprint density at radius 2 is 1.94 bits per heavy atom. The first-order valence-corrected chi connectivity index (χ1v) is 7.54. The molecule has 0 N–H and O–H groups in total. The zero-order valence-corrected chi connectivity index (χ0v) is 11.3. The van der Waals surface area contributed by atoms with Crippen LogP contribution in [0, 0.1) is 6.92 Å². The highest BCUT2D eigenvalue weighted by atomic mass is 32.2. The van der Waals surface area contributed by atoms with Crippen LogP contribution in [0.3, 0.4) is 0 Å². The van der Waals surface area contributed by atoms with Crippen LogP contribution in [-0.2, 0) is 25.7 Å². The Kier molecular flexibility index (Phi) is 2.36. The Bertz CT molecular complexity index is 447. The van der Waals surface area contributed by atoms with Crippen molar-refractivity contribution >= 4 is 11.8 Å². The quantitative estimate of drug-likeness (QED) is 0.711. The average molecular weight is 232 g/mol. The molecule has 0 aliphatic heterocycles. The highest BCUT2D eigenvalue weighted by Crippen LogP contribution is 2.42. The van der Waals surface area contributed by atoms with E-state index in [0.29, 0.717) is 4.75 Å². The fourth-order valence-electron chi connectivity index (χ4n) is 3.46. The molecule has 0 saturated carbocycles. The minimum absolute atomic E-state index is 0.460. The van der Waals surface area contributed by atoms with Gasteiger partial charge in [-0.2, -0.15) is 11.8 Å². The number of aryl methyl sites for hydroxylation is 1. The van der Waals surface area contributed by atoms with Crippen LogP contribution in [-0.4, -0.2) is 11.0 Å². The van der Waals surface area contributed by atoms with Gasteiger partial charge in [0, 0.05) is 4.75 Å². The van der Waals surface area contributed by atoms with Crippen molar-refractivity contribution in [1.82, 2.24) is 0 Å². The predicted octanol–water partition coefficient (Wildman–Crippen LogP) is 3.70. The summed E-state index contributed by atoms with van der Waals surface area (Å²) in [4.78, 5) is 0. The second kappa shape index (κ2) is 3.53. The average Bonchev–Trinajstić information content (AvgIpc) is 2.83. The van der Waals surface area contributed by atoms with Gasteiger partial charge in [-0.3, -0.25) is 0 Å². The third-order valence-electron chi connectivity index (χ3n) is 4.51. The number of benzene rings is 1. The maximum Gasteiger partial charge on any atom is 0.0209 e. The molecule has 2 aliphatic carbocycles. The van der Waals surface area contributed by atoms with E-state index in [-0.39, 0.29) is 0 Å². The minimum Gasteiger partial charge on any atom is -0.158 e. The third-order valence-corrected chi connectivity index (χ3v) is 5.78. The molecule has 86 valence electrons. The smallest absolute Gasteiger partial charge is 0.0209 e. The highest BCUT2D eigenvalue weighted by molar-refractivity contribution is 8.00. The van der Waals surface area contributed by atoms with Crippen LogP contribution in [0.5, 0.6) is 0 Å². The van der Waals surface area contributed by atoms with E-state index in [1.54, 1.807) is 27.8 Å². The van der Waals surface area contributed by atoms with Gasteiger partial charge in [-0.15, -0.1) is 0 Å². The summed E-state index contributed by atoms with van der Waals surface area (Å²) in [5.41, 5.74) is 8.29. The molecule has 1 aromatic carbocycles. The molecule has 16 heavy (non-hydrogen) atoms. The van der Waals surface area contributed by atoms with Crippen molar-refractivity contribution in [2.45, 2.75) is 50.7 Å². The molecule has 0 amide bonds. The predicted molar refractivity (Wildman–Crippen MR) is 72.5 cm³/mol. The fourth-order valence-corrected chi connectivity index (χ4v) is 4.05. The highest BCUT2D eigenvalue weighted by Gasteiger charge is 2.34. The largest absolute Gasteiger partial charge is 0.158 e. The topological polar surface area (TPSA) is 0 Å². The van der Waals surface area contributed by atoms with Crippen LogP contribution in [0.15, 0.2) is 6.07 Å². The van der Waals surface area contributed by atoms with E-state index in [0.717, 1.165) is 0 Å². The van der Waals surface area contributed by atoms with E-state index in [4.69, 9.17) is 0 Å². The van der Waals surface area contributed by atoms with Crippen molar-refractivity contribution in [3.8, 4) is 0 Å². The zero-order valence-electron chi connectivity index (χ0n) is 10.5. The molecule has 0 radical (unpaired) electrons. The molecular formula is C15H20S. The van der Waals surface area contributed by atoms with Gasteiger partial charge in [-0.1, -0.05) is 6.07 Å². The molecule has 0 aromatic heterocycles. The molecule has 3 rings (SSSR count). The number of fused-ring (bicyclic) bond motifs is 2. The van der Waals surface area contributed by atoms with Gasteiger partial charge in [0.1, 0.15) is 0 Å². The first-order chi connectivity index (χ1) is 7.63.